The van der Waals surface area contributed by atoms with Crippen molar-refractivity contribution in [2.24, 2.45) is 0 Å². The van der Waals surface area contributed by atoms with E-state index < -0.39 is 10.0 Å². The molecule has 23 heavy (non-hydrogen) atoms. The molecule has 1 unspecified atom stereocenters. The molecule has 1 aliphatic heterocycles. The van der Waals surface area contributed by atoms with Crippen molar-refractivity contribution in [1.29, 1.82) is 0 Å². The Labute approximate surface area is 141 Å². The molecule has 0 N–H and O–H groups in total. The van der Waals surface area contributed by atoms with Gasteiger partial charge in [-0.2, -0.15) is 4.31 Å². The first kappa shape index (κ1) is 16.5. The average molecular weight is 351 g/mol. The molecule has 0 spiro atoms. The third-order valence-electron chi connectivity index (χ3n) is 4.32. The number of benzene rings is 1. The predicted molar refractivity (Wildman–Crippen MR) is 92.8 cm³/mol. The Morgan fingerprint density at radius 2 is 1.96 bits per heavy atom. The number of hydrogen-bond acceptors (Lipinski definition) is 4. The first-order valence-electron chi connectivity index (χ1n) is 7.77. The van der Waals surface area contributed by atoms with Crippen LogP contribution in [0.25, 0.3) is 0 Å². The monoisotopic (exact) mass is 351 g/mol. The SMILES string of the molecule is CCc1ccc(S(=O)(=O)N2CCC(c3ccc(OC)cc3)C2)s1. The second kappa shape index (κ2) is 6.63. The van der Waals surface area contributed by atoms with Crippen LogP contribution >= 0.6 is 11.3 Å². The molecule has 1 saturated heterocycles. The Kier molecular flexibility index (Phi) is 4.75. The quantitative estimate of drug-likeness (QED) is 0.828. The van der Waals surface area contributed by atoms with Crippen molar-refractivity contribution in [3.8, 4) is 5.75 Å². The summed E-state index contributed by atoms with van der Waals surface area (Å²) < 4.78 is 32.8. The molecule has 1 fully saturated rings. The molecule has 1 atom stereocenters. The Bertz CT molecular complexity index is 765. The van der Waals surface area contributed by atoms with Crippen LogP contribution < -0.4 is 4.74 Å². The van der Waals surface area contributed by atoms with Gasteiger partial charge in [-0.05, 0) is 48.6 Å². The van der Waals surface area contributed by atoms with Gasteiger partial charge in [-0.15, -0.1) is 11.3 Å². The van der Waals surface area contributed by atoms with Gasteiger partial charge in [0.15, 0.2) is 0 Å². The van der Waals surface area contributed by atoms with Gasteiger partial charge in [0.1, 0.15) is 9.96 Å². The van der Waals surface area contributed by atoms with Crippen molar-refractivity contribution in [1.82, 2.24) is 4.31 Å². The largest absolute Gasteiger partial charge is 0.497 e. The Balaban J connectivity index is 1.75. The van der Waals surface area contributed by atoms with E-state index in [-0.39, 0.29) is 5.92 Å². The number of rotatable bonds is 5. The van der Waals surface area contributed by atoms with Gasteiger partial charge in [0, 0.05) is 18.0 Å². The Morgan fingerprint density at radius 3 is 2.57 bits per heavy atom. The molecule has 6 heteroatoms. The first-order chi connectivity index (χ1) is 11.0. The topological polar surface area (TPSA) is 46.6 Å². The number of ether oxygens (including phenoxy) is 1. The second-order valence-corrected chi connectivity index (χ2v) is 9.03. The van der Waals surface area contributed by atoms with Crippen LogP contribution in [0.2, 0.25) is 0 Å². The zero-order valence-electron chi connectivity index (χ0n) is 13.4. The molecule has 0 saturated carbocycles. The Morgan fingerprint density at radius 1 is 1.22 bits per heavy atom. The van der Waals surface area contributed by atoms with E-state index in [1.807, 2.05) is 37.3 Å². The smallest absolute Gasteiger partial charge is 0.252 e. The minimum Gasteiger partial charge on any atom is -0.497 e. The zero-order valence-corrected chi connectivity index (χ0v) is 15.0. The van der Waals surface area contributed by atoms with Crippen molar-refractivity contribution in [2.75, 3.05) is 20.2 Å². The van der Waals surface area contributed by atoms with E-state index in [1.54, 1.807) is 17.5 Å². The molecular formula is C17H21NO3S2. The zero-order chi connectivity index (χ0) is 16.4. The molecule has 0 radical (unpaired) electrons. The van der Waals surface area contributed by atoms with Gasteiger partial charge in [-0.1, -0.05) is 19.1 Å². The first-order valence-corrected chi connectivity index (χ1v) is 10.0. The van der Waals surface area contributed by atoms with E-state index in [2.05, 4.69) is 0 Å². The fourth-order valence-electron chi connectivity index (χ4n) is 2.91. The van der Waals surface area contributed by atoms with Gasteiger partial charge in [0.2, 0.25) is 0 Å². The number of hydrogen-bond donors (Lipinski definition) is 0. The van der Waals surface area contributed by atoms with E-state index in [1.165, 1.54) is 16.9 Å². The van der Waals surface area contributed by atoms with E-state index in [9.17, 15) is 8.42 Å². The third-order valence-corrected chi connectivity index (χ3v) is 7.88. The summed E-state index contributed by atoms with van der Waals surface area (Å²) in [4.78, 5) is 1.11. The lowest BCUT2D eigenvalue weighted by Gasteiger charge is -2.15. The molecule has 124 valence electrons. The number of nitrogens with zero attached hydrogens (tertiary/aromatic N) is 1. The van der Waals surface area contributed by atoms with Crippen LogP contribution in [0.3, 0.4) is 0 Å². The summed E-state index contributed by atoms with van der Waals surface area (Å²) >= 11 is 1.38. The molecule has 4 nitrogen and oxygen atoms in total. The van der Waals surface area contributed by atoms with Crippen LogP contribution in [0.4, 0.5) is 0 Å². The third kappa shape index (κ3) is 3.29. The molecule has 0 aliphatic carbocycles. The molecule has 1 aliphatic rings. The van der Waals surface area contributed by atoms with Crippen LogP contribution in [-0.2, 0) is 16.4 Å². The predicted octanol–water partition coefficient (Wildman–Crippen LogP) is 3.50. The minimum atomic E-state index is -3.35. The van der Waals surface area contributed by atoms with Crippen LogP contribution in [0.5, 0.6) is 5.75 Å². The highest BCUT2D eigenvalue weighted by Crippen LogP contribution is 2.33. The van der Waals surface area contributed by atoms with Crippen molar-refractivity contribution in [2.45, 2.75) is 29.9 Å². The maximum absolute atomic E-state index is 12.8. The van der Waals surface area contributed by atoms with Crippen LogP contribution in [0, 0.1) is 0 Å². The average Bonchev–Trinajstić information content (AvgIpc) is 3.24. The summed E-state index contributed by atoms with van der Waals surface area (Å²) in [7, 11) is -1.71. The van der Waals surface area contributed by atoms with Gasteiger partial charge < -0.3 is 4.74 Å². The molecule has 2 aromatic rings. The van der Waals surface area contributed by atoms with Crippen molar-refractivity contribution >= 4 is 21.4 Å². The summed E-state index contributed by atoms with van der Waals surface area (Å²) in [5, 5.41) is 0. The fourth-order valence-corrected chi connectivity index (χ4v) is 5.86. The van der Waals surface area contributed by atoms with Crippen LogP contribution in [-0.4, -0.2) is 32.9 Å². The number of sulfonamides is 1. The van der Waals surface area contributed by atoms with E-state index in [0.717, 1.165) is 23.5 Å². The molecule has 1 aromatic heterocycles. The maximum atomic E-state index is 12.8. The normalized spacial score (nSPS) is 19.1. The fraction of sp³-hybridized carbons (Fsp3) is 0.412. The van der Waals surface area contributed by atoms with Gasteiger partial charge >= 0.3 is 0 Å². The summed E-state index contributed by atoms with van der Waals surface area (Å²) in [5.74, 6) is 1.07. The van der Waals surface area contributed by atoms with Gasteiger partial charge in [0.25, 0.3) is 10.0 Å². The highest BCUT2D eigenvalue weighted by molar-refractivity contribution is 7.91. The minimum absolute atomic E-state index is 0.251. The molecule has 0 bridgehead atoms. The summed E-state index contributed by atoms with van der Waals surface area (Å²) in [5.41, 5.74) is 1.17. The standard InChI is InChI=1S/C17H21NO3S2/c1-3-16-8-9-17(22-16)23(19,20)18-11-10-14(12-18)13-4-6-15(21-2)7-5-13/h4-9,14H,3,10-12H2,1-2H3. The number of thiophene rings is 1. The molecule has 3 rings (SSSR count). The highest BCUT2D eigenvalue weighted by atomic mass is 32.2. The summed E-state index contributed by atoms with van der Waals surface area (Å²) in [6.07, 6.45) is 1.73. The van der Waals surface area contributed by atoms with Crippen molar-refractivity contribution < 1.29 is 13.2 Å². The summed E-state index contributed by atoms with van der Waals surface area (Å²) in [6, 6.07) is 11.6. The van der Waals surface area contributed by atoms with Crippen LogP contribution in [0.1, 0.15) is 29.7 Å². The van der Waals surface area contributed by atoms with E-state index in [0.29, 0.717) is 17.3 Å². The number of methoxy groups -OCH3 is 1. The lowest BCUT2D eigenvalue weighted by molar-refractivity contribution is 0.414. The van der Waals surface area contributed by atoms with Gasteiger partial charge in [-0.3, -0.25) is 0 Å². The van der Waals surface area contributed by atoms with E-state index in [4.69, 9.17) is 4.74 Å². The van der Waals surface area contributed by atoms with E-state index >= 15 is 0 Å². The second-order valence-electron chi connectivity index (χ2n) is 5.70. The maximum Gasteiger partial charge on any atom is 0.252 e. The van der Waals surface area contributed by atoms with Gasteiger partial charge in [-0.25, -0.2) is 8.42 Å². The Hall–Kier alpha value is -1.37. The molecule has 1 aromatic carbocycles. The highest BCUT2D eigenvalue weighted by Gasteiger charge is 2.34. The van der Waals surface area contributed by atoms with Gasteiger partial charge in [0.05, 0.1) is 7.11 Å². The molecule has 2 heterocycles. The molecule has 0 amide bonds. The van der Waals surface area contributed by atoms with Crippen molar-refractivity contribution in [3.05, 3.63) is 46.8 Å². The van der Waals surface area contributed by atoms with Crippen LogP contribution in [0.15, 0.2) is 40.6 Å². The lowest BCUT2D eigenvalue weighted by Crippen LogP contribution is -2.28. The van der Waals surface area contributed by atoms with Crippen molar-refractivity contribution in [3.63, 3.8) is 0 Å². The lowest BCUT2D eigenvalue weighted by atomic mass is 9.99. The molecular weight excluding hydrogens is 330 g/mol. The summed E-state index contributed by atoms with van der Waals surface area (Å²) in [6.45, 7) is 3.17. The number of aryl methyl sites for hydroxylation is 1.